The van der Waals surface area contributed by atoms with Crippen LogP contribution in [0.4, 0.5) is 0 Å². The van der Waals surface area contributed by atoms with E-state index in [1.165, 1.54) is 55.1 Å². The first-order valence-corrected chi connectivity index (χ1v) is 16.9. The van der Waals surface area contributed by atoms with Crippen LogP contribution < -0.4 is 0 Å². The van der Waals surface area contributed by atoms with Gasteiger partial charge in [0.1, 0.15) is 0 Å². The Kier molecular flexibility index (Phi) is 6.98. The summed E-state index contributed by atoms with van der Waals surface area (Å²) in [5.74, 6) is 0.415. The smallest absolute Gasteiger partial charge is 0.0724 e. The highest BCUT2D eigenvalue weighted by Crippen LogP contribution is 2.42. The SMILES string of the molecule is C=Cc1c(-c2ccccc2C)c2cc(-c3ccc4c5ccncc5n(-c5ccccc5)c4c3)ccc2n1-c1ccc(C2C=CC=CC2)cc1. The van der Waals surface area contributed by atoms with E-state index in [4.69, 9.17) is 0 Å². The molecule has 1 unspecified atom stereocenters. The van der Waals surface area contributed by atoms with Crippen LogP contribution in [-0.2, 0) is 0 Å². The maximum absolute atomic E-state index is 4.49. The molecular weight excluding hydrogens is 595 g/mol. The van der Waals surface area contributed by atoms with Crippen LogP contribution in [0.3, 0.4) is 0 Å². The highest BCUT2D eigenvalue weighted by Gasteiger charge is 2.21. The number of allylic oxidation sites excluding steroid dienone is 4. The summed E-state index contributed by atoms with van der Waals surface area (Å²) in [6.07, 6.45) is 15.7. The van der Waals surface area contributed by atoms with Gasteiger partial charge >= 0.3 is 0 Å². The van der Waals surface area contributed by atoms with E-state index in [1.54, 1.807) is 0 Å². The second-order valence-electron chi connectivity index (χ2n) is 12.9. The maximum Gasteiger partial charge on any atom is 0.0724 e. The first-order chi connectivity index (χ1) is 24.2. The van der Waals surface area contributed by atoms with Crippen LogP contribution in [0.2, 0.25) is 0 Å². The first kappa shape index (κ1) is 29.0. The lowest BCUT2D eigenvalue weighted by Gasteiger charge is -2.15. The van der Waals surface area contributed by atoms with Gasteiger partial charge < -0.3 is 9.13 Å². The molecule has 234 valence electrons. The number of pyridine rings is 1. The molecule has 9 rings (SSSR count). The van der Waals surface area contributed by atoms with Gasteiger partial charge in [-0.1, -0.05) is 104 Å². The molecule has 0 amide bonds. The summed E-state index contributed by atoms with van der Waals surface area (Å²) in [6, 6.07) is 44.2. The van der Waals surface area contributed by atoms with E-state index in [9.17, 15) is 0 Å². The van der Waals surface area contributed by atoms with E-state index in [0.29, 0.717) is 5.92 Å². The molecule has 0 aliphatic heterocycles. The Morgan fingerprint density at radius 2 is 1.43 bits per heavy atom. The Hall–Kier alpha value is -6.19. The summed E-state index contributed by atoms with van der Waals surface area (Å²) < 4.78 is 4.70. The number of nitrogens with zero attached hydrogens (tertiary/aromatic N) is 3. The number of aryl methyl sites for hydroxylation is 1. The Labute approximate surface area is 286 Å². The Morgan fingerprint density at radius 1 is 0.673 bits per heavy atom. The van der Waals surface area contributed by atoms with E-state index in [2.05, 4.69) is 173 Å². The highest BCUT2D eigenvalue weighted by molar-refractivity contribution is 6.10. The Balaban J connectivity index is 1.25. The van der Waals surface area contributed by atoms with Crippen LogP contribution in [0.1, 0.15) is 29.2 Å². The van der Waals surface area contributed by atoms with Crippen molar-refractivity contribution in [1.29, 1.82) is 0 Å². The van der Waals surface area contributed by atoms with Crippen LogP contribution in [0.5, 0.6) is 0 Å². The number of rotatable bonds is 6. The molecule has 3 nitrogen and oxygen atoms in total. The van der Waals surface area contributed by atoms with Gasteiger partial charge in [0.05, 0.1) is 28.4 Å². The zero-order valence-electron chi connectivity index (χ0n) is 27.4. The van der Waals surface area contributed by atoms with Gasteiger partial charge in [0.2, 0.25) is 0 Å². The van der Waals surface area contributed by atoms with E-state index in [1.807, 2.05) is 18.5 Å². The quantitative estimate of drug-likeness (QED) is 0.179. The van der Waals surface area contributed by atoms with Crippen LogP contribution in [0.25, 0.3) is 72.4 Å². The van der Waals surface area contributed by atoms with Crippen molar-refractivity contribution >= 4 is 38.8 Å². The van der Waals surface area contributed by atoms with Crippen molar-refractivity contribution in [2.24, 2.45) is 0 Å². The third-order valence-corrected chi connectivity index (χ3v) is 10.1. The third kappa shape index (κ3) is 4.77. The average molecular weight is 630 g/mol. The summed E-state index contributed by atoms with van der Waals surface area (Å²) >= 11 is 0. The number of hydrogen-bond acceptors (Lipinski definition) is 1. The van der Waals surface area contributed by atoms with Crippen LogP contribution >= 0.6 is 0 Å². The van der Waals surface area contributed by atoms with Gasteiger partial charge in [-0.05, 0) is 95.8 Å². The largest absolute Gasteiger partial charge is 0.309 e. The molecule has 1 aliphatic rings. The Bertz CT molecular complexity index is 2590. The number of benzene rings is 5. The molecule has 0 saturated heterocycles. The predicted octanol–water partition coefficient (Wildman–Crippen LogP) is 12.0. The van der Waals surface area contributed by atoms with Crippen LogP contribution in [-0.4, -0.2) is 14.1 Å². The Morgan fingerprint density at radius 3 is 2.22 bits per heavy atom. The maximum atomic E-state index is 4.49. The van der Waals surface area contributed by atoms with Gasteiger partial charge in [-0.2, -0.15) is 0 Å². The molecule has 0 N–H and O–H groups in total. The van der Waals surface area contributed by atoms with E-state index >= 15 is 0 Å². The second kappa shape index (κ2) is 11.8. The third-order valence-electron chi connectivity index (χ3n) is 10.1. The molecule has 3 aromatic heterocycles. The van der Waals surface area contributed by atoms with E-state index in [-0.39, 0.29) is 0 Å². The molecule has 49 heavy (non-hydrogen) atoms. The van der Waals surface area contributed by atoms with Crippen molar-refractivity contribution in [3.63, 3.8) is 0 Å². The van der Waals surface area contributed by atoms with Crippen molar-refractivity contribution < 1.29 is 0 Å². The van der Waals surface area contributed by atoms with Crippen molar-refractivity contribution in [3.8, 4) is 33.6 Å². The molecule has 3 heteroatoms. The zero-order valence-corrected chi connectivity index (χ0v) is 27.4. The van der Waals surface area contributed by atoms with Crippen molar-refractivity contribution in [2.45, 2.75) is 19.3 Å². The summed E-state index contributed by atoms with van der Waals surface area (Å²) in [5.41, 5.74) is 14.1. The van der Waals surface area contributed by atoms with Gasteiger partial charge in [0.15, 0.2) is 0 Å². The molecule has 1 atom stereocenters. The lowest BCUT2D eigenvalue weighted by Crippen LogP contribution is -2.00. The molecule has 1 aliphatic carbocycles. The topological polar surface area (TPSA) is 22.8 Å². The monoisotopic (exact) mass is 629 g/mol. The van der Waals surface area contributed by atoms with Gasteiger partial charge in [-0.25, -0.2) is 0 Å². The first-order valence-electron chi connectivity index (χ1n) is 16.9. The van der Waals surface area contributed by atoms with Crippen LogP contribution in [0, 0.1) is 6.92 Å². The number of aromatic nitrogens is 3. The minimum Gasteiger partial charge on any atom is -0.309 e. The number of hydrogen-bond donors (Lipinski definition) is 0. The molecule has 3 heterocycles. The van der Waals surface area contributed by atoms with Gasteiger partial charge in [-0.3, -0.25) is 4.98 Å². The number of para-hydroxylation sites is 1. The normalized spacial score (nSPS) is 14.3. The van der Waals surface area contributed by atoms with Crippen molar-refractivity contribution in [1.82, 2.24) is 14.1 Å². The molecule has 5 aromatic carbocycles. The standard InChI is InChI=1S/C46H35N3/c1-3-42-46(38-17-11-10-12-31(38)2)41-28-34(21-25-43(41)48(42)37-22-18-33(19-23-37)32-13-6-4-7-14-32)35-20-24-39-40-26-27-47-30-45(40)49(44(39)29-35)36-15-8-5-9-16-36/h3-13,15-30,32H,1,14H2,2H3. The van der Waals surface area contributed by atoms with E-state index in [0.717, 1.165) is 34.5 Å². The molecule has 0 radical (unpaired) electrons. The lowest BCUT2D eigenvalue weighted by atomic mass is 9.92. The average Bonchev–Trinajstić information content (AvgIpc) is 3.67. The predicted molar refractivity (Wildman–Crippen MR) is 207 cm³/mol. The van der Waals surface area contributed by atoms with Crippen LogP contribution in [0.15, 0.2) is 165 Å². The number of fused-ring (bicyclic) bond motifs is 4. The fraction of sp³-hybridized carbons (Fsp3) is 0.0652. The van der Waals surface area contributed by atoms with Gasteiger partial charge in [-0.15, -0.1) is 0 Å². The molecule has 0 spiro atoms. The van der Waals surface area contributed by atoms with E-state index < -0.39 is 0 Å². The fourth-order valence-electron chi connectivity index (χ4n) is 7.70. The summed E-state index contributed by atoms with van der Waals surface area (Å²) in [4.78, 5) is 4.49. The molecule has 0 fully saturated rings. The van der Waals surface area contributed by atoms with Gasteiger partial charge in [0, 0.05) is 45.2 Å². The fourth-order valence-corrected chi connectivity index (χ4v) is 7.70. The minimum absolute atomic E-state index is 0.415. The van der Waals surface area contributed by atoms with Crippen molar-refractivity contribution in [2.75, 3.05) is 0 Å². The summed E-state index contributed by atoms with van der Waals surface area (Å²) in [5, 5.41) is 3.63. The molecule has 0 bridgehead atoms. The zero-order chi connectivity index (χ0) is 32.9. The highest BCUT2D eigenvalue weighted by atomic mass is 15.0. The summed E-state index contributed by atoms with van der Waals surface area (Å²) in [7, 11) is 0. The molecule has 0 saturated carbocycles. The second-order valence-corrected chi connectivity index (χ2v) is 12.9. The minimum atomic E-state index is 0.415. The van der Waals surface area contributed by atoms with Gasteiger partial charge in [0.25, 0.3) is 0 Å². The lowest BCUT2D eigenvalue weighted by molar-refractivity contribution is 0.853. The van der Waals surface area contributed by atoms with Crippen molar-refractivity contribution in [3.05, 3.63) is 181 Å². The summed E-state index contributed by atoms with van der Waals surface area (Å²) in [6.45, 7) is 6.54. The molecular formula is C46H35N3. The molecule has 8 aromatic rings.